The van der Waals surface area contributed by atoms with E-state index in [0.717, 1.165) is 135 Å². The highest BCUT2D eigenvalue weighted by Gasteiger charge is 2.47. The van der Waals surface area contributed by atoms with Gasteiger partial charge in [0.05, 0.1) is 51.4 Å². The van der Waals surface area contributed by atoms with E-state index in [9.17, 15) is 85.8 Å². The van der Waals surface area contributed by atoms with Crippen molar-refractivity contribution in [3.05, 3.63) is 194 Å². The molecule has 40 heteroatoms. The summed E-state index contributed by atoms with van der Waals surface area (Å²) in [6.45, 7) is 21.8. The lowest BCUT2D eigenvalue weighted by atomic mass is 9.95. The first kappa shape index (κ1) is 90.0. The first-order valence-corrected chi connectivity index (χ1v) is 44.1. The molecule has 9 aromatic rings. The highest BCUT2D eigenvalue weighted by atomic mass is 32.2. The number of amides is 3. The second-order valence-corrected chi connectivity index (χ2v) is 35.8. The molecule has 9 aliphatic heterocycles. The SMILES string of the molecule is C=CC(=O)N1CCN(c2nc(=O)n3c4c(c(-c5ccc(F)cc5F)c(C(F)(F)F)cc24)SCC3CN2CC(F)C2)CC1.C=CC(=O)N1CCN(c2nc(=O)n3c4c(c(-c5ccc(F)cc5F)c(C(F)(F)F)cc24)SCC3CN2CCC2)CC1.C=CC(=O)N1[C@H](C)CN(c2nc(=O)n3c4c(c(-c5ccc(F)cc5F)c(C(F)(F)F)cc24)SCC3CN2CCCC2)C[C@@H]1C. The van der Waals surface area contributed by atoms with E-state index in [2.05, 4.69) is 44.5 Å². The molecule has 3 amide bonds. The van der Waals surface area contributed by atoms with Crippen molar-refractivity contribution in [2.45, 2.75) is 103 Å². The number of nitrogens with zero attached hydrogens (tertiary/aromatic N) is 15. The Morgan fingerprint density at radius 3 is 1.00 bits per heavy atom. The molecule has 0 aliphatic carbocycles. The summed E-state index contributed by atoms with van der Waals surface area (Å²) < 4.78 is 237. The van der Waals surface area contributed by atoms with E-state index in [1.54, 1.807) is 24.5 Å². The van der Waals surface area contributed by atoms with Crippen LogP contribution in [-0.2, 0) is 32.9 Å². The molecular formula is C87H83F16N15O6S3. The van der Waals surface area contributed by atoms with Crippen LogP contribution in [-0.4, -0.2) is 236 Å². The predicted octanol–water partition coefficient (Wildman–Crippen LogP) is 14.8. The number of carbonyl (C=O) groups excluding carboxylic acids is 3. The molecular weight excluding hydrogens is 1750 g/mol. The molecule has 0 saturated carbocycles. The van der Waals surface area contributed by atoms with E-state index in [0.29, 0.717) is 37.0 Å². The zero-order valence-corrected chi connectivity index (χ0v) is 70.8. The van der Waals surface area contributed by atoms with Gasteiger partial charge in [0.1, 0.15) is 58.5 Å². The molecule has 6 fully saturated rings. The monoisotopic (exact) mass is 1830 g/mol. The Labute approximate surface area is 728 Å². The largest absolute Gasteiger partial charge is 0.417 e. The lowest BCUT2D eigenvalue weighted by molar-refractivity contribution is -0.138. The zero-order chi connectivity index (χ0) is 90.5. The van der Waals surface area contributed by atoms with Gasteiger partial charge in [0.15, 0.2) is 0 Å². The maximum absolute atomic E-state index is 15.2. The Morgan fingerprint density at radius 1 is 0.409 bits per heavy atom. The van der Waals surface area contributed by atoms with Crippen LogP contribution in [0.3, 0.4) is 0 Å². The molecule has 0 bridgehead atoms. The van der Waals surface area contributed by atoms with Gasteiger partial charge in [0.25, 0.3) is 0 Å². The quantitative estimate of drug-likeness (QED) is 0.0696. The minimum atomic E-state index is -4.93. The van der Waals surface area contributed by atoms with Gasteiger partial charge in [-0.25, -0.2) is 45.1 Å². The molecule has 0 spiro atoms. The fourth-order valence-corrected chi connectivity index (χ4v) is 22.6. The average molecular weight is 1830 g/mol. The molecule has 0 N–H and O–H groups in total. The Balaban J connectivity index is 0.000000140. The number of benzene rings is 6. The fourth-order valence-electron chi connectivity index (χ4n) is 18.6. The third kappa shape index (κ3) is 17.4. The third-order valence-electron chi connectivity index (χ3n) is 24.6. The molecule has 3 unspecified atom stereocenters. The van der Waals surface area contributed by atoms with Gasteiger partial charge in [-0.15, -0.1) is 35.3 Å². The molecule has 0 radical (unpaired) electrons. The minimum absolute atomic E-state index is 0.0313. The molecule has 21 nitrogen and oxygen atoms in total. The summed E-state index contributed by atoms with van der Waals surface area (Å²) in [7, 11) is 0. The summed E-state index contributed by atoms with van der Waals surface area (Å²) in [5.41, 5.74) is -7.07. The normalized spacial score (nSPS) is 20.6. The number of thioether (sulfide) groups is 3. The van der Waals surface area contributed by atoms with Crippen LogP contribution in [0.1, 0.15) is 67.9 Å². The van der Waals surface area contributed by atoms with Crippen LogP contribution in [0.15, 0.2) is 140 Å². The molecule has 672 valence electrons. The van der Waals surface area contributed by atoms with Gasteiger partial charge in [-0.2, -0.15) is 54.5 Å². The Bertz CT molecular complexity index is 6110. The van der Waals surface area contributed by atoms with Crippen LogP contribution in [0.2, 0.25) is 0 Å². The van der Waals surface area contributed by atoms with E-state index < -0.39 is 133 Å². The van der Waals surface area contributed by atoms with Gasteiger partial charge in [-0.05, 0) is 132 Å². The average Bonchev–Trinajstić information content (AvgIpc) is 1.11. The van der Waals surface area contributed by atoms with Crippen molar-refractivity contribution >= 4 is 103 Å². The Hall–Kier alpha value is -10.4. The van der Waals surface area contributed by atoms with Crippen LogP contribution < -0.4 is 31.8 Å². The van der Waals surface area contributed by atoms with E-state index in [-0.39, 0.29) is 203 Å². The molecule has 6 saturated heterocycles. The van der Waals surface area contributed by atoms with Gasteiger partial charge >= 0.3 is 35.6 Å². The van der Waals surface area contributed by atoms with Crippen molar-refractivity contribution in [2.75, 3.05) is 156 Å². The number of aromatic nitrogens is 6. The predicted molar refractivity (Wildman–Crippen MR) is 453 cm³/mol. The van der Waals surface area contributed by atoms with Crippen molar-refractivity contribution < 1.29 is 84.6 Å². The maximum atomic E-state index is 15.2. The van der Waals surface area contributed by atoms with Gasteiger partial charge < -0.3 is 39.2 Å². The minimum Gasteiger partial charge on any atom is -0.352 e. The highest BCUT2D eigenvalue weighted by molar-refractivity contribution is 8.00. The van der Waals surface area contributed by atoms with E-state index in [1.165, 1.54) is 36.8 Å². The molecule has 127 heavy (non-hydrogen) atoms. The first-order chi connectivity index (χ1) is 60.4. The fraction of sp³-hybridized carbons (Fsp3) is 0.414. The number of halogens is 16. The third-order valence-corrected chi connectivity index (χ3v) is 28.3. The van der Waals surface area contributed by atoms with Gasteiger partial charge in [-0.1, -0.05) is 19.7 Å². The number of hydrogen-bond acceptors (Lipinski definition) is 18. The van der Waals surface area contributed by atoms with Gasteiger partial charge in [0, 0.05) is 210 Å². The van der Waals surface area contributed by atoms with Gasteiger partial charge in [0.2, 0.25) is 17.7 Å². The van der Waals surface area contributed by atoms with Crippen LogP contribution in [0.4, 0.5) is 87.7 Å². The number of piperazine rings is 3. The van der Waals surface area contributed by atoms with E-state index in [1.807, 2.05) is 18.7 Å². The number of carbonyl (C=O) groups is 3. The van der Waals surface area contributed by atoms with Crippen molar-refractivity contribution in [3.8, 4) is 33.4 Å². The Kier molecular flexibility index (Phi) is 25.2. The maximum Gasteiger partial charge on any atom is 0.417 e. The lowest BCUT2D eigenvalue weighted by Gasteiger charge is -2.45. The van der Waals surface area contributed by atoms with Gasteiger partial charge in [-0.3, -0.25) is 33.0 Å². The number of rotatable bonds is 15. The summed E-state index contributed by atoms with van der Waals surface area (Å²) in [6.07, 6.45) is -9.03. The topological polar surface area (TPSA) is 185 Å². The molecule has 3 aromatic heterocycles. The summed E-state index contributed by atoms with van der Waals surface area (Å²) in [6, 6.07) is 8.18. The molecule has 6 aromatic carbocycles. The molecule has 5 atom stereocenters. The lowest BCUT2D eigenvalue weighted by Crippen LogP contribution is -2.58. The number of likely N-dealkylation sites (tertiary alicyclic amines) is 3. The van der Waals surface area contributed by atoms with Crippen LogP contribution in [0.5, 0.6) is 0 Å². The van der Waals surface area contributed by atoms with Crippen molar-refractivity contribution in [2.24, 2.45) is 0 Å². The summed E-state index contributed by atoms with van der Waals surface area (Å²) in [5.74, 6) is -6.03. The second-order valence-electron chi connectivity index (χ2n) is 32.7. The standard InChI is InChI=1S/C31H32F5N5O2S.C28H25F6N5O2S.C28H26F5N5O2S/c1-4-25(42)40-17(2)13-39(14-18(40)3)29-22-12-23(31(34,35)36)26(21-8-7-19(32)11-24(21)33)28-27(22)41(30(43)37-29)20(16-44-28)15-38-9-5-6-10-38;1-2-22(40)37-5-7-38(8-6-37)26-19-10-20(28(32,33)34)23(18-4-3-15(29)9-21(18)31)25-24(19)39(27(41)35-26)17(14-42-25)13-36-11-16(30)12-36;1-2-22(39)36-8-10-37(11-9-36)26-19-13-20(28(31,32)33)23(18-5-4-16(29)12-21(18)30)25-24(19)38(27(40)34-26)17(15-41-25)14-35-6-3-7-35/h4,7-8,11-12,17-18,20H,1,5-6,9-10,13-16H2,2-3H3;2-4,9-10,16-17H,1,5-8,11-14H2;2,4-5,12-13,17H,1,3,6-11,14-15H2/t17-,18+,20?;;. The van der Waals surface area contributed by atoms with Crippen LogP contribution in [0, 0.1) is 34.9 Å². The zero-order valence-electron chi connectivity index (χ0n) is 68.4. The first-order valence-electron chi connectivity index (χ1n) is 41.1. The number of hydrogen-bond donors (Lipinski definition) is 0. The summed E-state index contributed by atoms with van der Waals surface area (Å²) in [4.78, 5) is 107. The Morgan fingerprint density at radius 2 is 0.717 bits per heavy atom. The molecule has 9 aliphatic rings. The van der Waals surface area contributed by atoms with Crippen LogP contribution in [0.25, 0.3) is 66.1 Å². The molecule has 18 rings (SSSR count). The van der Waals surface area contributed by atoms with E-state index in [4.69, 9.17) is 0 Å². The number of alkyl halides is 10. The van der Waals surface area contributed by atoms with E-state index >= 15 is 13.2 Å². The smallest absolute Gasteiger partial charge is 0.352 e. The van der Waals surface area contributed by atoms with Crippen molar-refractivity contribution in [3.63, 3.8) is 0 Å². The summed E-state index contributed by atoms with van der Waals surface area (Å²) >= 11 is 3.35. The van der Waals surface area contributed by atoms with Crippen LogP contribution >= 0.6 is 35.3 Å². The van der Waals surface area contributed by atoms with Crippen molar-refractivity contribution in [1.82, 2.24) is 58.1 Å². The molecule has 12 heterocycles. The second kappa shape index (κ2) is 35.6. The van der Waals surface area contributed by atoms with Crippen molar-refractivity contribution in [1.29, 1.82) is 0 Å². The number of anilines is 3. The highest BCUT2D eigenvalue weighted by Crippen LogP contribution is 2.55. The summed E-state index contributed by atoms with van der Waals surface area (Å²) in [5, 5.41) is 0.304.